The molecule has 0 saturated carbocycles. The molecule has 2 atom stereocenters. The highest BCUT2D eigenvalue weighted by molar-refractivity contribution is 7.54. The molecule has 1 unspecified atom stereocenters. The molecule has 0 aliphatic carbocycles. The van der Waals surface area contributed by atoms with Gasteiger partial charge in [0, 0.05) is 55.9 Å². The summed E-state index contributed by atoms with van der Waals surface area (Å²) in [6, 6.07) is 37.6. The number of nitrogens with one attached hydrogen (secondary N) is 1. The first-order valence-electron chi connectivity index (χ1n) is 21.5. The molecule has 12 nitrogen and oxygen atoms in total. The molecule has 2 aliphatic heterocycles. The molecule has 330 valence electrons. The molecule has 64 heavy (non-hydrogen) atoms. The number of halogens is 1. The molecule has 3 heterocycles. The number of benzene rings is 5. The van der Waals surface area contributed by atoms with Gasteiger partial charge < -0.3 is 29.1 Å². The smallest absolute Gasteiger partial charge is 0.381 e. The lowest BCUT2D eigenvalue weighted by molar-refractivity contribution is -0.150. The first-order chi connectivity index (χ1) is 31.1. The Kier molecular flexibility index (Phi) is 13.8. The fraction of sp³-hybridized carbons (Fsp3) is 0.280. The number of aromatic nitrogens is 1. The Morgan fingerprint density at radius 3 is 2.16 bits per heavy atom. The van der Waals surface area contributed by atoms with Gasteiger partial charge in [0.05, 0.1) is 23.9 Å². The van der Waals surface area contributed by atoms with Crippen LogP contribution in [0.5, 0.6) is 11.5 Å². The molecular weight excluding hydrogens is 835 g/mol. The third-order valence-corrected chi connectivity index (χ3v) is 13.3. The lowest BCUT2D eigenvalue weighted by Crippen LogP contribution is -2.45. The number of ether oxygens (including phenoxy) is 2. The van der Waals surface area contributed by atoms with Crippen LogP contribution in [0, 0.1) is 5.82 Å². The van der Waals surface area contributed by atoms with Gasteiger partial charge in [-0.3, -0.25) is 19.1 Å². The number of likely N-dealkylation sites (tertiary alicyclic amines) is 1. The average molecular weight is 885 g/mol. The normalized spacial score (nSPS) is 15.7. The van der Waals surface area contributed by atoms with Crippen molar-refractivity contribution in [2.45, 2.75) is 58.0 Å². The van der Waals surface area contributed by atoms with Crippen LogP contribution in [0.4, 0.5) is 4.39 Å². The predicted molar refractivity (Wildman–Crippen MR) is 241 cm³/mol. The summed E-state index contributed by atoms with van der Waals surface area (Å²) in [5.41, 5.74) is 4.02. The van der Waals surface area contributed by atoms with E-state index in [-0.39, 0.29) is 60.8 Å². The summed E-state index contributed by atoms with van der Waals surface area (Å²) in [6.07, 6.45) is 1.15. The first-order valence-corrected chi connectivity index (χ1v) is 23.3. The van der Waals surface area contributed by atoms with Crippen LogP contribution < -0.4 is 14.6 Å². The Morgan fingerprint density at radius 1 is 0.875 bits per heavy atom. The summed E-state index contributed by atoms with van der Waals surface area (Å²) >= 11 is 0. The van der Waals surface area contributed by atoms with E-state index < -0.39 is 25.8 Å². The van der Waals surface area contributed by atoms with Crippen molar-refractivity contribution in [1.82, 2.24) is 20.1 Å². The number of amides is 2. The van der Waals surface area contributed by atoms with Crippen molar-refractivity contribution in [3.63, 3.8) is 0 Å². The molecule has 2 amide bonds. The zero-order valence-electron chi connectivity index (χ0n) is 35.7. The van der Waals surface area contributed by atoms with Gasteiger partial charge in [-0.2, -0.15) is 0 Å². The van der Waals surface area contributed by atoms with E-state index in [1.54, 1.807) is 60.5 Å². The van der Waals surface area contributed by atoms with Gasteiger partial charge in [-0.1, -0.05) is 97.1 Å². The van der Waals surface area contributed by atoms with Crippen molar-refractivity contribution in [3.8, 4) is 11.5 Å². The number of nitrogens with zero attached hydrogens (tertiary/aromatic N) is 3. The highest BCUT2D eigenvalue weighted by Crippen LogP contribution is 2.50. The van der Waals surface area contributed by atoms with Crippen molar-refractivity contribution in [3.05, 3.63) is 173 Å². The molecule has 5 aromatic carbocycles. The molecule has 14 heteroatoms. The summed E-state index contributed by atoms with van der Waals surface area (Å²) in [5, 5.41) is 3.82. The number of carbonyl (C=O) groups excluding carboxylic acids is 3. The van der Waals surface area contributed by atoms with Crippen LogP contribution in [0.25, 0.3) is 10.9 Å². The van der Waals surface area contributed by atoms with E-state index in [1.165, 1.54) is 19.1 Å². The zero-order chi connectivity index (χ0) is 44.6. The van der Waals surface area contributed by atoms with Crippen molar-refractivity contribution in [2.75, 3.05) is 32.4 Å². The van der Waals surface area contributed by atoms with E-state index in [9.17, 15) is 23.3 Å². The van der Waals surface area contributed by atoms with Gasteiger partial charge in [0.2, 0.25) is 0 Å². The highest BCUT2D eigenvalue weighted by Gasteiger charge is 2.39. The average Bonchev–Trinajstić information content (AvgIpc) is 3.63. The number of pyridine rings is 1. The Bertz CT molecular complexity index is 2590. The maximum absolute atomic E-state index is 14.7. The highest BCUT2D eigenvalue weighted by atomic mass is 31.2. The van der Waals surface area contributed by atoms with Crippen LogP contribution in [-0.4, -0.2) is 77.1 Å². The van der Waals surface area contributed by atoms with Crippen molar-refractivity contribution < 1.29 is 41.9 Å². The second-order valence-electron chi connectivity index (χ2n) is 15.9. The third-order valence-electron chi connectivity index (χ3n) is 11.5. The molecule has 1 aromatic heterocycles. The Labute approximate surface area is 371 Å². The summed E-state index contributed by atoms with van der Waals surface area (Å²) in [5.74, 6) is -1.00. The minimum absolute atomic E-state index is 0.0278. The lowest BCUT2D eigenvalue weighted by atomic mass is 9.94. The maximum Gasteiger partial charge on any atom is 0.381 e. The van der Waals surface area contributed by atoms with E-state index in [4.69, 9.17) is 23.5 Å². The third kappa shape index (κ3) is 10.2. The second kappa shape index (κ2) is 20.0. The largest absolute Gasteiger partial charge is 0.478 e. The van der Waals surface area contributed by atoms with Gasteiger partial charge in [0.15, 0.2) is 11.9 Å². The van der Waals surface area contributed by atoms with E-state index in [0.29, 0.717) is 60.3 Å². The van der Waals surface area contributed by atoms with Crippen LogP contribution in [-0.2, 0) is 31.7 Å². The molecule has 1 saturated heterocycles. The van der Waals surface area contributed by atoms with Crippen molar-refractivity contribution >= 4 is 36.3 Å². The molecule has 1 N–H and O–H groups in total. The van der Waals surface area contributed by atoms with Crippen LogP contribution in [0.3, 0.4) is 0 Å². The molecule has 0 bridgehead atoms. The first kappa shape index (κ1) is 44.2. The summed E-state index contributed by atoms with van der Waals surface area (Å²) in [6.45, 7) is 5.19. The second-order valence-corrected chi connectivity index (χ2v) is 18.0. The van der Waals surface area contributed by atoms with Gasteiger partial charge in [0.1, 0.15) is 23.2 Å². The van der Waals surface area contributed by atoms with Crippen LogP contribution in [0.1, 0.15) is 75.8 Å². The molecule has 2 aliphatic rings. The number of rotatable bonds is 17. The van der Waals surface area contributed by atoms with Gasteiger partial charge in [-0.05, 0) is 73.7 Å². The number of para-hydroxylation sites is 1. The lowest BCUT2D eigenvalue weighted by Gasteiger charge is -2.33. The van der Waals surface area contributed by atoms with Crippen molar-refractivity contribution in [1.29, 1.82) is 0 Å². The Hall–Kier alpha value is -6.40. The van der Waals surface area contributed by atoms with Crippen molar-refractivity contribution in [2.24, 2.45) is 0 Å². The number of hydrogen-bond acceptors (Lipinski definition) is 10. The van der Waals surface area contributed by atoms with E-state index >= 15 is 0 Å². The predicted octanol–water partition coefficient (Wildman–Crippen LogP) is 9.13. The molecule has 0 spiro atoms. The van der Waals surface area contributed by atoms with Gasteiger partial charge >= 0.3 is 13.6 Å². The number of carbonyl (C=O) groups is 3. The number of piperidine rings is 1. The SMILES string of the molecule is CCOC(=O)[C@H](C)OP(=O)(CCN1CCC(NC(=O)c2c3c(c(OC(c4ccccc4)c4ccccc4)c4ncccc24)C(=O)N(Cc2ccc(F)cc2)C3)CC1)Oc1ccccc1. The quantitative estimate of drug-likeness (QED) is 0.0698. The summed E-state index contributed by atoms with van der Waals surface area (Å²) in [4.78, 5) is 50.4. The molecule has 8 rings (SSSR count). The standard InChI is InChI=1S/C50H50FN4O8P/c1-3-60-50(58)34(2)62-64(59,63-40-18-11-6-12-19-40)31-30-54-28-25-39(26-29-54)53-48(56)43-41-20-13-27-52-45(41)47(61-46(36-14-7-4-8-15-36)37-16-9-5-10-17-37)44-42(43)33-55(49(44)57)32-35-21-23-38(51)24-22-35/h4-24,27,34,39,46H,3,25-26,28-33H2,1-2H3,(H,53,56)/t34-,64?/m0/s1. The van der Waals surface area contributed by atoms with E-state index in [1.807, 2.05) is 72.8 Å². The van der Waals surface area contributed by atoms with Crippen LogP contribution in [0.2, 0.25) is 0 Å². The molecular formula is C50H50FN4O8P. The maximum atomic E-state index is 14.7. The fourth-order valence-electron chi connectivity index (χ4n) is 8.28. The van der Waals surface area contributed by atoms with Gasteiger partial charge in [-0.15, -0.1) is 0 Å². The minimum atomic E-state index is -3.81. The number of fused-ring (bicyclic) bond motifs is 2. The van der Waals surface area contributed by atoms with E-state index in [2.05, 4.69) is 10.2 Å². The minimum Gasteiger partial charge on any atom is -0.478 e. The van der Waals surface area contributed by atoms with Gasteiger partial charge in [0.25, 0.3) is 11.8 Å². The summed E-state index contributed by atoms with van der Waals surface area (Å²) < 4.78 is 51.8. The Balaban J connectivity index is 1.05. The van der Waals surface area contributed by atoms with Crippen LogP contribution >= 0.6 is 7.60 Å². The topological polar surface area (TPSA) is 137 Å². The number of hydrogen-bond donors (Lipinski definition) is 1. The molecule has 6 aromatic rings. The molecule has 1 fully saturated rings. The number of esters is 1. The monoisotopic (exact) mass is 884 g/mol. The van der Waals surface area contributed by atoms with E-state index in [0.717, 1.165) is 16.7 Å². The Morgan fingerprint density at radius 2 is 1.52 bits per heavy atom. The van der Waals surface area contributed by atoms with Gasteiger partial charge in [-0.25, -0.2) is 13.8 Å². The fourth-order valence-corrected chi connectivity index (χ4v) is 10.1. The molecule has 0 radical (unpaired) electrons. The van der Waals surface area contributed by atoms with Crippen LogP contribution in [0.15, 0.2) is 134 Å². The summed E-state index contributed by atoms with van der Waals surface area (Å²) in [7, 11) is -3.81. The zero-order valence-corrected chi connectivity index (χ0v) is 36.6.